The highest BCUT2D eigenvalue weighted by atomic mass is 17.3. The van der Waals surface area contributed by atoms with Crippen LogP contribution in [0.1, 0.15) is 57.8 Å². The SMILES string of the molecule is C1CCC(N2OOC3CCCC2C3)CC1. The van der Waals surface area contributed by atoms with Crippen LogP contribution in [-0.2, 0) is 9.88 Å². The molecular weight excluding hydrogens is 190 g/mol. The predicted molar refractivity (Wildman–Crippen MR) is 56.9 cm³/mol. The van der Waals surface area contributed by atoms with Gasteiger partial charge in [-0.15, -0.1) is 4.99 Å². The van der Waals surface area contributed by atoms with Crippen LogP contribution in [0.4, 0.5) is 0 Å². The first-order chi connectivity index (χ1) is 7.43. The summed E-state index contributed by atoms with van der Waals surface area (Å²) in [6.45, 7) is 0. The van der Waals surface area contributed by atoms with Crippen molar-refractivity contribution in [2.75, 3.05) is 0 Å². The Balaban J connectivity index is 1.64. The third-order valence-electron chi connectivity index (χ3n) is 4.16. The largest absolute Gasteiger partial charge is 0.214 e. The molecule has 86 valence electrons. The third kappa shape index (κ3) is 2.05. The van der Waals surface area contributed by atoms with Crippen molar-refractivity contribution in [2.24, 2.45) is 0 Å². The molecule has 0 amide bonds. The third-order valence-corrected chi connectivity index (χ3v) is 4.16. The van der Waals surface area contributed by atoms with Gasteiger partial charge in [-0.05, 0) is 38.5 Å². The van der Waals surface area contributed by atoms with Gasteiger partial charge in [0.1, 0.15) is 0 Å². The Morgan fingerprint density at radius 3 is 2.47 bits per heavy atom. The van der Waals surface area contributed by atoms with Crippen molar-refractivity contribution in [3.05, 3.63) is 0 Å². The maximum absolute atomic E-state index is 5.52. The van der Waals surface area contributed by atoms with Gasteiger partial charge < -0.3 is 0 Å². The number of hydroxylamine groups is 2. The molecule has 3 nitrogen and oxygen atoms in total. The van der Waals surface area contributed by atoms with E-state index in [2.05, 4.69) is 5.06 Å². The smallest absolute Gasteiger partial charge is 0.0965 e. The van der Waals surface area contributed by atoms with Crippen molar-refractivity contribution in [2.45, 2.75) is 76.0 Å². The summed E-state index contributed by atoms with van der Waals surface area (Å²) < 4.78 is 0. The molecule has 0 aromatic heterocycles. The van der Waals surface area contributed by atoms with Crippen LogP contribution in [0.25, 0.3) is 0 Å². The fourth-order valence-electron chi connectivity index (χ4n) is 3.30. The molecule has 0 aromatic rings. The molecule has 0 radical (unpaired) electrons. The molecule has 1 saturated heterocycles. The first-order valence-corrected chi connectivity index (χ1v) is 6.55. The van der Waals surface area contributed by atoms with Crippen molar-refractivity contribution in [3.8, 4) is 0 Å². The van der Waals surface area contributed by atoms with Crippen LogP contribution < -0.4 is 0 Å². The van der Waals surface area contributed by atoms with Crippen LogP contribution in [0, 0.1) is 0 Å². The minimum Gasteiger partial charge on any atom is -0.214 e. The molecule has 0 aromatic carbocycles. The number of hydrogen-bond donors (Lipinski definition) is 0. The highest BCUT2D eigenvalue weighted by molar-refractivity contribution is 4.83. The second-order valence-electron chi connectivity index (χ2n) is 5.26. The van der Waals surface area contributed by atoms with Gasteiger partial charge in [-0.3, -0.25) is 0 Å². The van der Waals surface area contributed by atoms with Crippen LogP contribution in [-0.4, -0.2) is 23.3 Å². The fraction of sp³-hybridized carbons (Fsp3) is 1.00. The normalized spacial score (nSPS) is 39.2. The zero-order chi connectivity index (χ0) is 10.1. The first kappa shape index (κ1) is 10.1. The lowest BCUT2D eigenvalue weighted by Crippen LogP contribution is -2.51. The number of rotatable bonds is 1. The maximum atomic E-state index is 5.52. The molecule has 3 fully saturated rings. The molecule has 2 aliphatic carbocycles. The van der Waals surface area contributed by atoms with Gasteiger partial charge in [0, 0.05) is 12.1 Å². The van der Waals surface area contributed by atoms with Crippen molar-refractivity contribution < 1.29 is 9.88 Å². The van der Waals surface area contributed by atoms with Gasteiger partial charge in [-0.1, -0.05) is 19.3 Å². The fourth-order valence-corrected chi connectivity index (χ4v) is 3.30. The van der Waals surface area contributed by atoms with Crippen LogP contribution >= 0.6 is 0 Å². The van der Waals surface area contributed by atoms with Gasteiger partial charge in [-0.25, -0.2) is 4.89 Å². The van der Waals surface area contributed by atoms with E-state index < -0.39 is 0 Å². The highest BCUT2D eigenvalue weighted by Gasteiger charge is 2.38. The molecule has 2 atom stereocenters. The molecule has 1 aliphatic heterocycles. The molecule has 3 rings (SSSR count). The Labute approximate surface area is 91.6 Å². The number of hydrogen-bond acceptors (Lipinski definition) is 3. The lowest BCUT2D eigenvalue weighted by molar-refractivity contribution is -0.496. The van der Waals surface area contributed by atoms with Crippen molar-refractivity contribution in [1.29, 1.82) is 0 Å². The predicted octanol–water partition coefficient (Wildman–Crippen LogP) is 2.81. The van der Waals surface area contributed by atoms with Crippen LogP contribution in [0.3, 0.4) is 0 Å². The Morgan fingerprint density at radius 1 is 0.800 bits per heavy atom. The van der Waals surface area contributed by atoms with E-state index in [1.807, 2.05) is 0 Å². The molecule has 15 heavy (non-hydrogen) atoms. The van der Waals surface area contributed by atoms with Gasteiger partial charge in [-0.2, -0.15) is 5.06 Å². The molecule has 1 heterocycles. The van der Waals surface area contributed by atoms with E-state index in [9.17, 15) is 0 Å². The summed E-state index contributed by atoms with van der Waals surface area (Å²) in [6, 6.07) is 1.27. The summed E-state index contributed by atoms with van der Waals surface area (Å²) in [7, 11) is 0. The van der Waals surface area contributed by atoms with Crippen molar-refractivity contribution >= 4 is 0 Å². The maximum Gasteiger partial charge on any atom is 0.0965 e. The van der Waals surface area contributed by atoms with E-state index in [0.29, 0.717) is 18.2 Å². The lowest BCUT2D eigenvalue weighted by atomic mass is 9.89. The molecule has 3 heteroatoms. The van der Waals surface area contributed by atoms with Gasteiger partial charge >= 0.3 is 0 Å². The Bertz CT molecular complexity index is 211. The van der Waals surface area contributed by atoms with E-state index >= 15 is 0 Å². The molecule has 2 bridgehead atoms. The second kappa shape index (κ2) is 4.40. The van der Waals surface area contributed by atoms with Crippen LogP contribution in [0.5, 0.6) is 0 Å². The summed E-state index contributed by atoms with van der Waals surface area (Å²) in [4.78, 5) is 11.0. The Morgan fingerprint density at radius 2 is 1.60 bits per heavy atom. The number of nitrogens with zero attached hydrogens (tertiary/aromatic N) is 1. The molecular formula is C12H21NO2. The Kier molecular flexibility index (Phi) is 2.95. The molecule has 3 aliphatic rings. The minimum atomic E-state index is 0.378. The van der Waals surface area contributed by atoms with E-state index in [1.54, 1.807) is 0 Å². The summed E-state index contributed by atoms with van der Waals surface area (Å²) in [5.41, 5.74) is 0. The molecule has 2 unspecified atom stereocenters. The lowest BCUT2D eigenvalue weighted by Gasteiger charge is -2.44. The molecule has 0 spiro atoms. The summed E-state index contributed by atoms with van der Waals surface area (Å²) in [6.07, 6.45) is 12.1. The minimum absolute atomic E-state index is 0.378. The summed E-state index contributed by atoms with van der Waals surface area (Å²) >= 11 is 0. The van der Waals surface area contributed by atoms with Crippen molar-refractivity contribution in [3.63, 3.8) is 0 Å². The van der Waals surface area contributed by atoms with Crippen molar-refractivity contribution in [1.82, 2.24) is 5.06 Å². The standard InChI is InChI=1S/C12H21NO2/c1-2-5-10(6-3-1)13-11-7-4-8-12(9-11)14-15-13/h10-12H,1-9H2. The topological polar surface area (TPSA) is 21.7 Å². The quantitative estimate of drug-likeness (QED) is 0.622. The molecule has 0 N–H and O–H groups in total. The second-order valence-corrected chi connectivity index (χ2v) is 5.26. The van der Waals surface area contributed by atoms with Gasteiger partial charge in [0.25, 0.3) is 0 Å². The average molecular weight is 211 g/mol. The zero-order valence-corrected chi connectivity index (χ0v) is 9.36. The first-order valence-electron chi connectivity index (χ1n) is 6.55. The number of fused-ring (bicyclic) bond motifs is 2. The van der Waals surface area contributed by atoms with Gasteiger partial charge in [0.05, 0.1) is 6.10 Å². The van der Waals surface area contributed by atoms with Crippen LogP contribution in [0.2, 0.25) is 0 Å². The van der Waals surface area contributed by atoms with E-state index in [0.717, 1.165) is 0 Å². The van der Waals surface area contributed by atoms with Gasteiger partial charge in [0.15, 0.2) is 0 Å². The van der Waals surface area contributed by atoms with E-state index in [1.165, 1.54) is 57.8 Å². The van der Waals surface area contributed by atoms with Gasteiger partial charge in [0.2, 0.25) is 0 Å². The summed E-state index contributed by atoms with van der Waals surface area (Å²) in [5.74, 6) is 0. The zero-order valence-electron chi connectivity index (χ0n) is 9.36. The highest BCUT2D eigenvalue weighted by Crippen LogP contribution is 2.35. The Hall–Kier alpha value is -0.120. The average Bonchev–Trinajstić information content (AvgIpc) is 2.31. The molecule has 2 saturated carbocycles. The monoisotopic (exact) mass is 211 g/mol. The van der Waals surface area contributed by atoms with E-state index in [-0.39, 0.29) is 0 Å². The van der Waals surface area contributed by atoms with Crippen LogP contribution in [0.15, 0.2) is 0 Å². The summed E-state index contributed by atoms with van der Waals surface area (Å²) in [5, 5.41) is 2.19. The van der Waals surface area contributed by atoms with E-state index in [4.69, 9.17) is 9.88 Å².